The summed E-state index contributed by atoms with van der Waals surface area (Å²) >= 11 is 13.0. The number of allylic oxidation sites excluding steroid dienone is 2. The Bertz CT molecular complexity index is 2190. The molecule has 288 valence electrons. The van der Waals surface area contributed by atoms with E-state index < -0.39 is 47.9 Å². The van der Waals surface area contributed by atoms with Crippen molar-refractivity contribution in [1.29, 1.82) is 0 Å². The number of pyridine rings is 2. The second-order valence-corrected chi connectivity index (χ2v) is 15.3. The van der Waals surface area contributed by atoms with Crippen molar-refractivity contribution in [3.8, 4) is 11.3 Å². The van der Waals surface area contributed by atoms with Gasteiger partial charge in [0, 0.05) is 66.4 Å². The van der Waals surface area contributed by atoms with E-state index in [9.17, 15) is 27.9 Å². The molecule has 4 aliphatic rings. The van der Waals surface area contributed by atoms with Crippen molar-refractivity contribution in [3.63, 3.8) is 0 Å². The summed E-state index contributed by atoms with van der Waals surface area (Å²) in [5.74, 6) is -0.848. The number of esters is 2. The average molecular weight is 800 g/mol. The summed E-state index contributed by atoms with van der Waals surface area (Å²) in [6.45, 7) is 4.58. The lowest BCUT2D eigenvalue weighted by atomic mass is 9.63. The summed E-state index contributed by atoms with van der Waals surface area (Å²) in [6.07, 6.45) is 2.25. The molecule has 1 spiro atoms. The Morgan fingerprint density at radius 1 is 1.09 bits per heavy atom. The number of hydrogen-bond acceptors (Lipinski definition) is 11. The number of ether oxygens (including phenoxy) is 3. The number of alkyl halides is 3. The van der Waals surface area contributed by atoms with Gasteiger partial charge in [0.15, 0.2) is 6.10 Å². The van der Waals surface area contributed by atoms with Gasteiger partial charge in [-0.3, -0.25) is 4.98 Å². The predicted molar refractivity (Wildman–Crippen MR) is 195 cm³/mol. The molecule has 2 aliphatic carbocycles. The van der Waals surface area contributed by atoms with E-state index in [1.807, 2.05) is 0 Å². The molecule has 5 heterocycles. The Morgan fingerprint density at radius 2 is 1.82 bits per heavy atom. The number of carbonyl (C=O) groups excluding carboxylic acids is 2. The van der Waals surface area contributed by atoms with Crippen molar-refractivity contribution in [3.05, 3.63) is 88.0 Å². The SMILES string of the molecule is C=CCOC(=O)C1CC(O)CC(OC(=O)c2cc(C(F)(F)F)c3cc(N4CCC5(C=C(c6c(-c7c(Cl)cncc7Cl)noc6C6CC6)C5)CC4)ccc3n2)O1. The van der Waals surface area contributed by atoms with Gasteiger partial charge in [-0.05, 0) is 67.4 Å². The molecule has 3 fully saturated rings. The van der Waals surface area contributed by atoms with E-state index in [2.05, 4.69) is 32.7 Å². The standard InChI is InChI=1S/C39H35Cl2F3N4O7/c1-2-11-52-37(51)30-13-23(49)14-31(53-30)54-36(50)29-15-25(39(42,43)44)24-12-22(5-6-28(24)46-29)48-9-7-38(8-10-48)16-21(17-38)32-34(47-55-35(32)20-3-4-20)33-26(40)18-45-19-27(33)41/h2,5-6,12,15-16,18-20,23,30-31,49H,1,3-4,7-11,13-14,17H2. The van der Waals surface area contributed by atoms with Crippen molar-refractivity contribution in [2.24, 2.45) is 5.41 Å². The van der Waals surface area contributed by atoms with E-state index in [-0.39, 0.29) is 35.8 Å². The monoisotopic (exact) mass is 798 g/mol. The summed E-state index contributed by atoms with van der Waals surface area (Å²) in [5, 5.41) is 15.2. The number of halogens is 5. The molecule has 55 heavy (non-hydrogen) atoms. The smallest absolute Gasteiger partial charge is 0.417 e. The number of aliphatic hydroxyl groups is 1. The minimum atomic E-state index is -4.82. The summed E-state index contributed by atoms with van der Waals surface area (Å²) in [6, 6.07) is 5.25. The molecule has 2 aliphatic heterocycles. The lowest BCUT2D eigenvalue weighted by Gasteiger charge is -2.47. The third kappa shape index (κ3) is 7.44. The molecule has 8 rings (SSSR count). The van der Waals surface area contributed by atoms with Crippen LogP contribution in [0.2, 0.25) is 10.0 Å². The quantitative estimate of drug-likeness (QED) is 0.129. The zero-order valence-corrected chi connectivity index (χ0v) is 30.8. The molecule has 1 saturated carbocycles. The number of carbonyl (C=O) groups is 2. The number of nitrogens with zero attached hydrogens (tertiary/aromatic N) is 4. The van der Waals surface area contributed by atoms with Crippen LogP contribution in [0.1, 0.15) is 78.2 Å². The second kappa shape index (κ2) is 14.5. The molecule has 4 aromatic rings. The third-order valence-electron chi connectivity index (χ3n) is 10.6. The number of anilines is 1. The minimum Gasteiger partial charge on any atom is -0.460 e. The fourth-order valence-electron chi connectivity index (χ4n) is 7.71. The van der Waals surface area contributed by atoms with Gasteiger partial charge in [-0.25, -0.2) is 14.6 Å². The highest BCUT2D eigenvalue weighted by Crippen LogP contribution is 2.56. The van der Waals surface area contributed by atoms with Crippen LogP contribution in [0.5, 0.6) is 0 Å². The fraction of sp³-hybridized carbons (Fsp3) is 0.410. The Balaban J connectivity index is 0.987. The van der Waals surface area contributed by atoms with Crippen LogP contribution >= 0.6 is 23.2 Å². The van der Waals surface area contributed by atoms with Crippen molar-refractivity contribution >= 4 is 57.3 Å². The van der Waals surface area contributed by atoms with Gasteiger partial charge in [0.2, 0.25) is 6.29 Å². The molecule has 0 amide bonds. The van der Waals surface area contributed by atoms with Gasteiger partial charge < -0.3 is 28.7 Å². The molecule has 11 nitrogen and oxygen atoms in total. The average Bonchev–Trinajstić information content (AvgIpc) is 3.90. The highest BCUT2D eigenvalue weighted by molar-refractivity contribution is 6.39. The van der Waals surface area contributed by atoms with E-state index >= 15 is 0 Å². The molecule has 0 bridgehead atoms. The first-order valence-corrected chi connectivity index (χ1v) is 18.7. The third-order valence-corrected chi connectivity index (χ3v) is 11.2. The van der Waals surface area contributed by atoms with Crippen LogP contribution in [0.3, 0.4) is 0 Å². The zero-order valence-electron chi connectivity index (χ0n) is 29.3. The molecule has 16 heteroatoms. The van der Waals surface area contributed by atoms with Crippen molar-refractivity contribution < 1.29 is 46.6 Å². The number of piperidine rings is 1. The summed E-state index contributed by atoms with van der Waals surface area (Å²) in [7, 11) is 0. The molecular weight excluding hydrogens is 764 g/mol. The van der Waals surface area contributed by atoms with Gasteiger partial charge in [-0.15, -0.1) is 0 Å². The molecule has 1 aromatic carbocycles. The van der Waals surface area contributed by atoms with Crippen LogP contribution in [-0.2, 0) is 25.2 Å². The molecular formula is C39H35Cl2F3N4O7. The first-order chi connectivity index (χ1) is 26.3. The maximum absolute atomic E-state index is 14.5. The van der Waals surface area contributed by atoms with E-state index in [4.69, 9.17) is 41.9 Å². The number of hydrogen-bond donors (Lipinski definition) is 1. The lowest BCUT2D eigenvalue weighted by molar-refractivity contribution is -0.207. The Kier molecular flexibility index (Phi) is 9.89. The van der Waals surface area contributed by atoms with E-state index in [1.54, 1.807) is 6.07 Å². The van der Waals surface area contributed by atoms with Crippen molar-refractivity contribution in [1.82, 2.24) is 15.1 Å². The maximum Gasteiger partial charge on any atom is 0.417 e. The lowest BCUT2D eigenvalue weighted by Crippen LogP contribution is -2.42. The molecule has 3 aromatic heterocycles. The highest BCUT2D eigenvalue weighted by atomic mass is 35.5. The topological polar surface area (TPSA) is 137 Å². The molecule has 1 N–H and O–H groups in total. The van der Waals surface area contributed by atoms with E-state index in [0.29, 0.717) is 52.1 Å². The van der Waals surface area contributed by atoms with E-state index in [1.165, 1.54) is 30.6 Å². The van der Waals surface area contributed by atoms with Gasteiger partial charge in [0.25, 0.3) is 0 Å². The molecule has 3 atom stereocenters. The molecule has 2 saturated heterocycles. The van der Waals surface area contributed by atoms with Gasteiger partial charge in [-0.1, -0.05) is 47.1 Å². The van der Waals surface area contributed by atoms with Crippen LogP contribution in [0.4, 0.5) is 18.9 Å². The van der Waals surface area contributed by atoms with Gasteiger partial charge in [0.05, 0.1) is 27.2 Å². The van der Waals surface area contributed by atoms with Gasteiger partial charge >= 0.3 is 18.1 Å². The highest BCUT2D eigenvalue weighted by Gasteiger charge is 2.45. The fourth-order valence-corrected chi connectivity index (χ4v) is 8.25. The maximum atomic E-state index is 14.5. The zero-order chi connectivity index (χ0) is 38.6. The van der Waals surface area contributed by atoms with Gasteiger partial charge in [0.1, 0.15) is 23.8 Å². The van der Waals surface area contributed by atoms with Crippen LogP contribution in [0.25, 0.3) is 27.7 Å². The van der Waals surface area contributed by atoms with Crippen LogP contribution in [0.15, 0.2) is 59.9 Å². The predicted octanol–water partition coefficient (Wildman–Crippen LogP) is 8.31. The Hall–Kier alpha value is -4.50. The van der Waals surface area contributed by atoms with Crippen LogP contribution < -0.4 is 4.90 Å². The Morgan fingerprint density at radius 3 is 2.49 bits per heavy atom. The van der Waals surface area contributed by atoms with Crippen LogP contribution in [-0.4, -0.2) is 70.4 Å². The number of benzene rings is 1. The first kappa shape index (κ1) is 37.4. The summed E-state index contributed by atoms with van der Waals surface area (Å²) in [5.41, 5.74) is 2.08. The first-order valence-electron chi connectivity index (χ1n) is 17.9. The second-order valence-electron chi connectivity index (χ2n) is 14.5. The molecule has 0 radical (unpaired) electrons. The Labute approximate surface area is 323 Å². The van der Waals surface area contributed by atoms with Gasteiger partial charge in [-0.2, -0.15) is 13.2 Å². The molecule has 3 unspecified atom stereocenters. The normalized spacial score (nSPS) is 22.3. The van der Waals surface area contributed by atoms with E-state index in [0.717, 1.165) is 49.0 Å². The minimum absolute atomic E-state index is 0.0496. The van der Waals surface area contributed by atoms with Crippen molar-refractivity contribution in [2.75, 3.05) is 24.6 Å². The number of aliphatic hydroxyl groups excluding tert-OH is 1. The van der Waals surface area contributed by atoms with Crippen LogP contribution in [0, 0.1) is 5.41 Å². The van der Waals surface area contributed by atoms with Crippen molar-refractivity contribution in [2.45, 2.75) is 75.5 Å². The largest absolute Gasteiger partial charge is 0.460 e. The summed E-state index contributed by atoms with van der Waals surface area (Å²) in [4.78, 5) is 35.7. The number of fused-ring (bicyclic) bond motifs is 1. The number of aromatic nitrogens is 3. The number of rotatable bonds is 9. The summed E-state index contributed by atoms with van der Waals surface area (Å²) < 4.78 is 65.1.